The van der Waals surface area contributed by atoms with Crippen molar-refractivity contribution < 1.29 is 43.2 Å². The number of hydrogen-bond acceptors (Lipinski definition) is 10. The van der Waals surface area contributed by atoms with Crippen LogP contribution in [0.2, 0.25) is 0 Å². The molecule has 352 valence electrons. The fourth-order valence-electron chi connectivity index (χ4n) is 7.41. The molecule has 2 aromatic carbocycles. The number of carbonyl (C=O) groups excluding carboxylic acids is 9. The molecule has 9 amide bonds. The lowest BCUT2D eigenvalue weighted by Crippen LogP contribution is -2.58. The van der Waals surface area contributed by atoms with Crippen LogP contribution in [0.5, 0.6) is 0 Å². The van der Waals surface area contributed by atoms with Crippen molar-refractivity contribution in [2.24, 2.45) is 5.73 Å². The molecule has 5 rings (SSSR count). The second kappa shape index (κ2) is 23.9. The Kier molecular flexibility index (Phi) is 17.9. The lowest BCUT2D eigenvalue weighted by molar-refractivity contribution is -0.135. The van der Waals surface area contributed by atoms with E-state index in [2.05, 4.69) is 57.5 Å². The lowest BCUT2D eigenvalue weighted by atomic mass is 10.0. The maximum atomic E-state index is 14.2. The van der Waals surface area contributed by atoms with Crippen molar-refractivity contribution in [3.05, 3.63) is 90.1 Å². The van der Waals surface area contributed by atoms with Crippen molar-refractivity contribution in [2.45, 2.75) is 114 Å². The van der Waals surface area contributed by atoms with E-state index in [1.807, 2.05) is 31.2 Å². The molecule has 1 saturated heterocycles. The average Bonchev–Trinajstić information content (AvgIpc) is 3.97. The molecule has 66 heavy (non-hydrogen) atoms. The number of aromatic amines is 2. The number of aromatic nitrogens is 3. The predicted molar refractivity (Wildman–Crippen MR) is 240 cm³/mol. The first-order valence-corrected chi connectivity index (χ1v) is 21.9. The van der Waals surface area contributed by atoms with Gasteiger partial charge in [0.25, 0.3) is 0 Å². The summed E-state index contributed by atoms with van der Waals surface area (Å²) in [5, 5.41) is 21.9. The van der Waals surface area contributed by atoms with Gasteiger partial charge in [-0.15, -0.1) is 0 Å². The predicted octanol–water partition coefficient (Wildman–Crippen LogP) is -0.542. The number of para-hydroxylation sites is 1. The summed E-state index contributed by atoms with van der Waals surface area (Å²) in [4.78, 5) is 132. The summed E-state index contributed by atoms with van der Waals surface area (Å²) in [6.07, 6.45) is 5.16. The third kappa shape index (κ3) is 14.2. The molecule has 0 spiro atoms. The quantitative estimate of drug-likeness (QED) is 0.0768. The van der Waals surface area contributed by atoms with E-state index in [0.717, 1.165) is 10.9 Å². The Balaban J connectivity index is 1.45. The van der Waals surface area contributed by atoms with Crippen LogP contribution in [0.4, 0.5) is 0 Å². The van der Waals surface area contributed by atoms with Crippen molar-refractivity contribution >= 4 is 64.1 Å². The van der Waals surface area contributed by atoms with Crippen molar-refractivity contribution in [2.75, 3.05) is 6.54 Å². The number of nitrogens with zero attached hydrogens (tertiary/aromatic N) is 1. The van der Waals surface area contributed by atoms with Gasteiger partial charge in [0.05, 0.1) is 12.0 Å². The van der Waals surface area contributed by atoms with Crippen molar-refractivity contribution in [1.29, 1.82) is 0 Å². The number of primary amides is 1. The Labute approximate surface area is 380 Å². The molecule has 7 atom stereocenters. The van der Waals surface area contributed by atoms with Gasteiger partial charge in [-0.1, -0.05) is 68.3 Å². The van der Waals surface area contributed by atoms with Crippen LogP contribution in [-0.2, 0) is 56.0 Å². The van der Waals surface area contributed by atoms with E-state index in [4.69, 9.17) is 5.73 Å². The monoisotopic (exact) mass is 910 g/mol. The zero-order valence-electron chi connectivity index (χ0n) is 37.0. The van der Waals surface area contributed by atoms with Gasteiger partial charge in [0, 0.05) is 56.0 Å². The first-order valence-electron chi connectivity index (χ1n) is 21.9. The Morgan fingerprint density at radius 3 is 2.27 bits per heavy atom. The van der Waals surface area contributed by atoms with Crippen LogP contribution in [0.1, 0.15) is 82.2 Å². The highest BCUT2D eigenvalue weighted by Crippen LogP contribution is 2.20. The van der Waals surface area contributed by atoms with E-state index in [-0.39, 0.29) is 45.1 Å². The SMILES string of the molecule is CCCC[C@H](NC(C)=O)C(=O)N[C@H]1CCC(=O)NCC[C@@H](C(=O)N[C@@H](Cc2c[nH]c3ccccc23)C(N)=O)NC(=O)[C@H](C)NC(=O)C(c2ccccc2)NC(=O)[C@H](Cc2c[nH]cn2)NC1=O. The van der Waals surface area contributed by atoms with Crippen molar-refractivity contribution in [1.82, 2.24) is 57.5 Å². The fourth-order valence-corrected chi connectivity index (χ4v) is 7.41. The molecule has 1 aliphatic heterocycles. The normalized spacial score (nSPS) is 21.2. The van der Waals surface area contributed by atoms with Gasteiger partial charge in [0.2, 0.25) is 53.2 Å². The number of fused-ring (bicyclic) bond motifs is 1. The molecule has 0 aliphatic carbocycles. The number of rotatable bonds is 14. The second-order valence-corrected chi connectivity index (χ2v) is 16.1. The summed E-state index contributed by atoms with van der Waals surface area (Å²) in [5.41, 5.74) is 7.94. The van der Waals surface area contributed by atoms with Gasteiger partial charge in [-0.2, -0.15) is 0 Å². The Morgan fingerprint density at radius 2 is 1.58 bits per heavy atom. The molecule has 2 aromatic heterocycles. The number of unbranched alkanes of at least 4 members (excludes halogenated alkanes) is 1. The molecule has 3 heterocycles. The molecule has 12 N–H and O–H groups in total. The zero-order chi connectivity index (χ0) is 47.8. The minimum absolute atomic E-state index is 0.0134. The Hall–Kier alpha value is -7.58. The van der Waals surface area contributed by atoms with Crippen LogP contribution < -0.4 is 48.3 Å². The maximum Gasteiger partial charge on any atom is 0.247 e. The average molecular weight is 911 g/mol. The van der Waals surface area contributed by atoms with E-state index >= 15 is 0 Å². The number of carbonyl (C=O) groups is 9. The van der Waals surface area contributed by atoms with Crippen molar-refractivity contribution in [3.8, 4) is 0 Å². The molecular formula is C45H58N12O9. The van der Waals surface area contributed by atoms with Gasteiger partial charge < -0.3 is 58.2 Å². The molecule has 1 fully saturated rings. The number of benzene rings is 2. The van der Waals surface area contributed by atoms with Crippen LogP contribution in [0.15, 0.2) is 73.3 Å². The first kappa shape index (κ1) is 49.4. The van der Waals surface area contributed by atoms with Crippen LogP contribution in [0.3, 0.4) is 0 Å². The molecule has 1 aliphatic rings. The Bertz CT molecular complexity index is 2350. The summed E-state index contributed by atoms with van der Waals surface area (Å²) in [7, 11) is 0. The smallest absolute Gasteiger partial charge is 0.247 e. The first-order chi connectivity index (χ1) is 31.6. The molecule has 1 unspecified atom stereocenters. The summed E-state index contributed by atoms with van der Waals surface area (Å²) < 4.78 is 0. The highest BCUT2D eigenvalue weighted by Gasteiger charge is 2.34. The van der Waals surface area contributed by atoms with Crippen molar-refractivity contribution in [3.63, 3.8) is 0 Å². The number of H-pyrrole nitrogens is 2. The molecule has 21 nitrogen and oxygen atoms in total. The largest absolute Gasteiger partial charge is 0.368 e. The molecule has 0 bridgehead atoms. The minimum atomic E-state index is -1.41. The third-order valence-electron chi connectivity index (χ3n) is 11.0. The number of amides is 9. The van der Waals surface area contributed by atoms with Gasteiger partial charge in [-0.25, -0.2) is 4.98 Å². The van der Waals surface area contributed by atoms with E-state index < -0.39 is 95.5 Å². The molecular weight excluding hydrogens is 853 g/mol. The summed E-state index contributed by atoms with van der Waals surface area (Å²) in [5.74, 6) is -6.71. The van der Waals surface area contributed by atoms with Gasteiger partial charge in [0.1, 0.15) is 42.3 Å². The van der Waals surface area contributed by atoms with Crippen LogP contribution in [0, 0.1) is 0 Å². The van der Waals surface area contributed by atoms with E-state index in [9.17, 15) is 43.2 Å². The second-order valence-electron chi connectivity index (χ2n) is 16.1. The highest BCUT2D eigenvalue weighted by molar-refractivity contribution is 5.98. The van der Waals surface area contributed by atoms with E-state index in [0.29, 0.717) is 29.7 Å². The molecule has 4 aromatic rings. The molecule has 21 heteroatoms. The summed E-state index contributed by atoms with van der Waals surface area (Å²) in [6, 6.07) is 6.40. The topological polar surface area (TPSA) is 320 Å². The van der Waals surface area contributed by atoms with Crippen LogP contribution in [-0.4, -0.2) is 111 Å². The van der Waals surface area contributed by atoms with Crippen LogP contribution in [0.25, 0.3) is 10.9 Å². The standard InChI is InChI=1S/C45H58N12O9/c1-4-5-14-32(52-26(3)58)41(62)54-33-16-17-37(59)48-19-18-34(43(64)55-35(39(46)60)20-28-22-49-31-15-10-9-13-30(28)31)53-40(61)25(2)51-45(66)38(27-11-7-6-8-12-27)57-44(65)36(56-42(33)63)21-29-23-47-24-50-29/h6-13,15,22-25,32-36,38,49H,4-5,14,16-21H2,1-3H3,(H2,46,60)(H,47,50)(H,48,59)(H,51,66)(H,52,58)(H,53,61)(H,54,62)(H,55,64)(H,56,63)(H,57,65)/t25-,32-,33-,34-,35-,36-,38?/m0/s1. The number of nitrogens with two attached hydrogens (primary N) is 1. The molecule has 0 saturated carbocycles. The Morgan fingerprint density at radius 1 is 0.833 bits per heavy atom. The minimum Gasteiger partial charge on any atom is -0.368 e. The van der Waals surface area contributed by atoms with E-state index in [1.54, 1.807) is 36.5 Å². The maximum absolute atomic E-state index is 14.2. The van der Waals surface area contributed by atoms with Gasteiger partial charge in [0.15, 0.2) is 0 Å². The van der Waals surface area contributed by atoms with Gasteiger partial charge in [-0.3, -0.25) is 43.2 Å². The molecule has 0 radical (unpaired) electrons. The van der Waals surface area contributed by atoms with E-state index in [1.165, 1.54) is 26.4 Å². The highest BCUT2D eigenvalue weighted by atomic mass is 16.2. The lowest BCUT2D eigenvalue weighted by Gasteiger charge is -2.27. The summed E-state index contributed by atoms with van der Waals surface area (Å²) >= 11 is 0. The fraction of sp³-hybridized carbons (Fsp3) is 0.422. The van der Waals surface area contributed by atoms with Crippen LogP contribution >= 0.6 is 0 Å². The number of nitrogens with one attached hydrogen (secondary N) is 10. The van der Waals surface area contributed by atoms with Gasteiger partial charge in [-0.05, 0) is 43.4 Å². The number of imidazole rings is 1. The zero-order valence-corrected chi connectivity index (χ0v) is 37.0. The van der Waals surface area contributed by atoms with Gasteiger partial charge >= 0.3 is 0 Å². The summed E-state index contributed by atoms with van der Waals surface area (Å²) in [6.45, 7) is 4.34. The third-order valence-corrected chi connectivity index (χ3v) is 11.0. The number of hydrogen-bond donors (Lipinski definition) is 11.